The van der Waals surface area contributed by atoms with Gasteiger partial charge in [-0.15, -0.1) is 0 Å². The SMILES string of the molecule is Cc1nn(C2CCC2)c(N)c1CC[C@H]1CCOC1. The maximum absolute atomic E-state index is 6.27. The number of ether oxygens (including phenoxy) is 1. The molecule has 1 aromatic rings. The molecule has 0 unspecified atom stereocenters. The lowest BCUT2D eigenvalue weighted by Gasteiger charge is -2.26. The predicted octanol–water partition coefficient (Wildman–Crippen LogP) is 2.47. The summed E-state index contributed by atoms with van der Waals surface area (Å²) < 4.78 is 7.49. The molecular formula is C14H23N3O. The van der Waals surface area contributed by atoms with Crippen molar-refractivity contribution in [3.63, 3.8) is 0 Å². The number of aromatic nitrogens is 2. The van der Waals surface area contributed by atoms with E-state index in [2.05, 4.69) is 16.7 Å². The average Bonchev–Trinajstić information content (AvgIpc) is 2.86. The molecule has 1 atom stereocenters. The highest BCUT2D eigenvalue weighted by molar-refractivity contribution is 5.43. The highest BCUT2D eigenvalue weighted by atomic mass is 16.5. The number of nitrogen functional groups attached to an aromatic ring is 1. The zero-order valence-corrected chi connectivity index (χ0v) is 11.2. The molecule has 0 aromatic carbocycles. The first kappa shape index (κ1) is 12.0. The Morgan fingerprint density at radius 2 is 2.22 bits per heavy atom. The molecule has 2 aliphatic rings. The Balaban J connectivity index is 1.68. The number of rotatable bonds is 4. The standard InChI is InChI=1S/C14H23N3O/c1-10-13(6-5-11-7-8-18-9-11)14(15)17(16-10)12-3-2-4-12/h11-12H,2-9,15H2,1H3/t11-/m0/s1. The molecule has 2 fully saturated rings. The Kier molecular flexibility index (Phi) is 3.29. The van der Waals surface area contributed by atoms with E-state index in [-0.39, 0.29) is 0 Å². The zero-order valence-electron chi connectivity index (χ0n) is 11.2. The molecule has 2 heterocycles. The first-order valence-electron chi connectivity index (χ1n) is 7.17. The van der Waals surface area contributed by atoms with Crippen LogP contribution in [0.1, 0.15) is 49.4 Å². The molecule has 1 saturated heterocycles. The van der Waals surface area contributed by atoms with Gasteiger partial charge in [-0.25, -0.2) is 4.68 Å². The topological polar surface area (TPSA) is 53.1 Å². The molecule has 4 heteroatoms. The highest BCUT2D eigenvalue weighted by Gasteiger charge is 2.25. The van der Waals surface area contributed by atoms with Crippen LogP contribution in [-0.4, -0.2) is 23.0 Å². The number of anilines is 1. The smallest absolute Gasteiger partial charge is 0.125 e. The summed E-state index contributed by atoms with van der Waals surface area (Å²) in [5.74, 6) is 1.63. The van der Waals surface area contributed by atoms with Crippen LogP contribution in [0.3, 0.4) is 0 Å². The molecule has 18 heavy (non-hydrogen) atoms. The Morgan fingerprint density at radius 1 is 1.39 bits per heavy atom. The van der Waals surface area contributed by atoms with Gasteiger partial charge in [-0.1, -0.05) is 0 Å². The second-order valence-electron chi connectivity index (χ2n) is 5.75. The van der Waals surface area contributed by atoms with Gasteiger partial charge >= 0.3 is 0 Å². The summed E-state index contributed by atoms with van der Waals surface area (Å²) in [5, 5.41) is 4.64. The van der Waals surface area contributed by atoms with E-state index in [9.17, 15) is 0 Å². The molecule has 100 valence electrons. The third-order valence-corrected chi connectivity index (χ3v) is 4.50. The largest absolute Gasteiger partial charge is 0.384 e. The van der Waals surface area contributed by atoms with E-state index in [1.165, 1.54) is 37.7 Å². The molecule has 0 amide bonds. The zero-order chi connectivity index (χ0) is 12.5. The van der Waals surface area contributed by atoms with E-state index in [0.29, 0.717) is 6.04 Å². The summed E-state index contributed by atoms with van der Waals surface area (Å²) in [6, 6.07) is 0.562. The first-order chi connectivity index (χ1) is 8.75. The van der Waals surface area contributed by atoms with E-state index in [0.717, 1.165) is 37.1 Å². The fraction of sp³-hybridized carbons (Fsp3) is 0.786. The van der Waals surface area contributed by atoms with Crippen molar-refractivity contribution in [1.29, 1.82) is 0 Å². The molecule has 0 spiro atoms. The van der Waals surface area contributed by atoms with Gasteiger partial charge in [0.05, 0.1) is 11.7 Å². The lowest BCUT2D eigenvalue weighted by molar-refractivity contribution is 0.184. The van der Waals surface area contributed by atoms with Crippen molar-refractivity contribution in [2.24, 2.45) is 5.92 Å². The second-order valence-corrected chi connectivity index (χ2v) is 5.75. The van der Waals surface area contributed by atoms with Crippen LogP contribution >= 0.6 is 0 Å². The minimum atomic E-state index is 0.562. The Morgan fingerprint density at radius 3 is 2.83 bits per heavy atom. The number of aryl methyl sites for hydroxylation is 1. The minimum Gasteiger partial charge on any atom is -0.384 e. The summed E-state index contributed by atoms with van der Waals surface area (Å²) in [4.78, 5) is 0. The van der Waals surface area contributed by atoms with Crippen molar-refractivity contribution >= 4 is 5.82 Å². The van der Waals surface area contributed by atoms with E-state index in [1.807, 2.05) is 0 Å². The van der Waals surface area contributed by atoms with Crippen molar-refractivity contribution in [3.8, 4) is 0 Å². The first-order valence-corrected chi connectivity index (χ1v) is 7.17. The quantitative estimate of drug-likeness (QED) is 0.892. The van der Waals surface area contributed by atoms with Crippen LogP contribution in [0.15, 0.2) is 0 Å². The third kappa shape index (κ3) is 2.14. The normalized spacial score (nSPS) is 24.4. The van der Waals surface area contributed by atoms with Gasteiger partial charge in [-0.05, 0) is 51.4 Å². The summed E-state index contributed by atoms with van der Waals surface area (Å²) in [6.07, 6.45) is 7.23. The molecule has 1 aliphatic heterocycles. The average molecular weight is 249 g/mol. The molecule has 1 aliphatic carbocycles. The van der Waals surface area contributed by atoms with Crippen LogP contribution in [-0.2, 0) is 11.2 Å². The van der Waals surface area contributed by atoms with E-state index >= 15 is 0 Å². The van der Waals surface area contributed by atoms with Crippen molar-refractivity contribution in [2.45, 2.75) is 51.5 Å². The summed E-state index contributed by atoms with van der Waals surface area (Å²) in [5.41, 5.74) is 8.66. The van der Waals surface area contributed by atoms with Gasteiger partial charge in [-0.2, -0.15) is 5.10 Å². The number of hydrogen-bond donors (Lipinski definition) is 1. The number of nitrogens with zero attached hydrogens (tertiary/aromatic N) is 2. The van der Waals surface area contributed by atoms with Crippen LogP contribution < -0.4 is 5.73 Å². The summed E-state index contributed by atoms with van der Waals surface area (Å²) in [6.45, 7) is 3.95. The lowest BCUT2D eigenvalue weighted by Crippen LogP contribution is -2.20. The van der Waals surface area contributed by atoms with Crippen LogP contribution in [0.2, 0.25) is 0 Å². The Hall–Kier alpha value is -1.03. The monoisotopic (exact) mass is 249 g/mol. The summed E-state index contributed by atoms with van der Waals surface area (Å²) in [7, 11) is 0. The number of nitrogens with two attached hydrogens (primary N) is 1. The van der Waals surface area contributed by atoms with Gasteiger partial charge in [0.1, 0.15) is 5.82 Å². The molecule has 4 nitrogen and oxygen atoms in total. The van der Waals surface area contributed by atoms with Crippen molar-refractivity contribution in [2.75, 3.05) is 18.9 Å². The molecule has 1 aromatic heterocycles. The van der Waals surface area contributed by atoms with Crippen molar-refractivity contribution in [1.82, 2.24) is 9.78 Å². The molecule has 1 saturated carbocycles. The molecule has 0 bridgehead atoms. The predicted molar refractivity (Wildman–Crippen MR) is 71.5 cm³/mol. The Bertz CT molecular complexity index is 417. The molecule has 0 radical (unpaired) electrons. The number of hydrogen-bond acceptors (Lipinski definition) is 3. The molecule has 2 N–H and O–H groups in total. The van der Waals surface area contributed by atoms with Crippen LogP contribution in [0, 0.1) is 12.8 Å². The van der Waals surface area contributed by atoms with E-state index in [1.54, 1.807) is 0 Å². The van der Waals surface area contributed by atoms with Gasteiger partial charge in [0, 0.05) is 18.8 Å². The van der Waals surface area contributed by atoms with Crippen LogP contribution in [0.25, 0.3) is 0 Å². The maximum Gasteiger partial charge on any atom is 0.125 e. The van der Waals surface area contributed by atoms with Gasteiger partial charge in [0.15, 0.2) is 0 Å². The van der Waals surface area contributed by atoms with E-state index in [4.69, 9.17) is 10.5 Å². The fourth-order valence-electron chi connectivity index (χ4n) is 2.98. The maximum atomic E-state index is 6.27. The molecular weight excluding hydrogens is 226 g/mol. The third-order valence-electron chi connectivity index (χ3n) is 4.50. The van der Waals surface area contributed by atoms with Crippen molar-refractivity contribution in [3.05, 3.63) is 11.3 Å². The minimum absolute atomic E-state index is 0.562. The van der Waals surface area contributed by atoms with Gasteiger partial charge < -0.3 is 10.5 Å². The van der Waals surface area contributed by atoms with E-state index < -0.39 is 0 Å². The van der Waals surface area contributed by atoms with Crippen LogP contribution in [0.5, 0.6) is 0 Å². The Labute approximate surface area is 108 Å². The second kappa shape index (κ2) is 4.92. The lowest BCUT2D eigenvalue weighted by atomic mass is 9.93. The van der Waals surface area contributed by atoms with Gasteiger partial charge in [0.2, 0.25) is 0 Å². The highest BCUT2D eigenvalue weighted by Crippen LogP contribution is 2.35. The summed E-state index contributed by atoms with van der Waals surface area (Å²) >= 11 is 0. The van der Waals surface area contributed by atoms with Gasteiger partial charge in [0.25, 0.3) is 0 Å². The van der Waals surface area contributed by atoms with Crippen LogP contribution in [0.4, 0.5) is 5.82 Å². The van der Waals surface area contributed by atoms with Gasteiger partial charge in [-0.3, -0.25) is 0 Å². The fourth-order valence-corrected chi connectivity index (χ4v) is 2.98. The van der Waals surface area contributed by atoms with Crippen molar-refractivity contribution < 1.29 is 4.74 Å². The molecule has 3 rings (SSSR count).